The average Bonchev–Trinajstić information content (AvgIpc) is 2.77. The predicted molar refractivity (Wildman–Crippen MR) is 128 cm³/mol. The highest BCUT2D eigenvalue weighted by atomic mass is 16.4. The van der Waals surface area contributed by atoms with Crippen molar-refractivity contribution in [1.29, 1.82) is 0 Å². The molecule has 0 aromatic carbocycles. The Morgan fingerprint density at radius 1 is 0.882 bits per heavy atom. The molecule has 0 aromatic heterocycles. The van der Waals surface area contributed by atoms with E-state index in [-0.39, 0.29) is 37.6 Å². The Hall–Kier alpha value is -2.65. The molecule has 0 bridgehead atoms. The van der Waals surface area contributed by atoms with Crippen LogP contribution >= 0.6 is 0 Å². The number of carboxylic acids is 1. The van der Waals surface area contributed by atoms with Crippen LogP contribution in [0.3, 0.4) is 0 Å². The van der Waals surface area contributed by atoms with E-state index >= 15 is 0 Å². The minimum absolute atomic E-state index is 0.0378. The first-order valence-corrected chi connectivity index (χ1v) is 12.5. The zero-order chi connectivity index (χ0) is 25.5. The molecule has 0 aliphatic carbocycles. The summed E-state index contributed by atoms with van der Waals surface area (Å²) in [5, 5.41) is 19.5. The maximum Gasteiger partial charge on any atom is 0.303 e. The monoisotopic (exact) mass is 482 g/mol. The third kappa shape index (κ3) is 12.0. The third-order valence-electron chi connectivity index (χ3n) is 5.93. The van der Waals surface area contributed by atoms with Crippen molar-refractivity contribution in [3.05, 3.63) is 0 Å². The molecule has 10 nitrogen and oxygen atoms in total. The van der Waals surface area contributed by atoms with Crippen molar-refractivity contribution in [3.8, 4) is 0 Å². The lowest BCUT2D eigenvalue weighted by molar-refractivity contribution is -0.138. The van der Waals surface area contributed by atoms with Gasteiger partial charge in [0.25, 0.3) is 0 Å². The van der Waals surface area contributed by atoms with Gasteiger partial charge in [0.05, 0.1) is 6.54 Å². The van der Waals surface area contributed by atoms with Crippen LogP contribution in [0.25, 0.3) is 0 Å². The van der Waals surface area contributed by atoms with Gasteiger partial charge in [0.2, 0.25) is 23.6 Å². The van der Waals surface area contributed by atoms with Crippen LogP contribution in [-0.4, -0.2) is 59.4 Å². The number of carbonyl (C=O) groups excluding carboxylic acids is 4. The van der Waals surface area contributed by atoms with Crippen LogP contribution in [0.4, 0.5) is 0 Å². The first-order valence-electron chi connectivity index (χ1n) is 12.5. The highest BCUT2D eigenvalue weighted by Crippen LogP contribution is 2.13. The lowest BCUT2D eigenvalue weighted by Gasteiger charge is -2.27. The van der Waals surface area contributed by atoms with Crippen LogP contribution in [0.1, 0.15) is 91.4 Å². The SMILES string of the molecule is CCCCCCCCC[C@@H]1CC(=O)NCC(=O)N[C@@H](CCC(=O)O)C(=O)N[C@@H](C(C)C)C(=O)N1. The molecule has 1 rings (SSSR count). The zero-order valence-corrected chi connectivity index (χ0v) is 20.8. The summed E-state index contributed by atoms with van der Waals surface area (Å²) in [7, 11) is 0. The van der Waals surface area contributed by atoms with Gasteiger partial charge in [-0.1, -0.05) is 65.7 Å². The Labute approximate surface area is 202 Å². The second kappa shape index (κ2) is 16.1. The summed E-state index contributed by atoms with van der Waals surface area (Å²) in [6.45, 7) is 5.41. The fourth-order valence-electron chi connectivity index (χ4n) is 3.91. The van der Waals surface area contributed by atoms with Gasteiger partial charge < -0.3 is 26.4 Å². The summed E-state index contributed by atoms with van der Waals surface area (Å²) >= 11 is 0. The molecule has 0 unspecified atom stereocenters. The molecule has 1 aliphatic rings. The topological polar surface area (TPSA) is 154 Å². The number of nitrogens with one attached hydrogen (secondary N) is 4. The Morgan fingerprint density at radius 3 is 2.15 bits per heavy atom. The standard InChI is InChI=1S/C24H42N4O6/c1-4-5-6-7-8-9-10-11-17-14-19(29)25-15-20(30)27-18(12-13-21(31)32)23(33)28-22(16(2)3)24(34)26-17/h16-18,22H,4-15H2,1-3H3,(H,25,29)(H,26,34)(H,27,30)(H,28,33)(H,31,32)/t17-,18+,22+/m1/s1. The van der Waals surface area contributed by atoms with Gasteiger partial charge in [-0.15, -0.1) is 0 Å². The van der Waals surface area contributed by atoms with Gasteiger partial charge >= 0.3 is 5.97 Å². The van der Waals surface area contributed by atoms with Crippen molar-refractivity contribution >= 4 is 29.6 Å². The van der Waals surface area contributed by atoms with Crippen LogP contribution < -0.4 is 21.3 Å². The molecule has 1 aliphatic heterocycles. The predicted octanol–water partition coefficient (Wildman–Crippen LogP) is 1.62. The summed E-state index contributed by atoms with van der Waals surface area (Å²) in [4.78, 5) is 61.5. The van der Waals surface area contributed by atoms with E-state index < -0.39 is 41.8 Å². The van der Waals surface area contributed by atoms with Crippen molar-refractivity contribution in [2.24, 2.45) is 5.92 Å². The Balaban J connectivity index is 2.89. The largest absolute Gasteiger partial charge is 0.481 e. The highest BCUT2D eigenvalue weighted by Gasteiger charge is 2.31. The number of unbranched alkanes of at least 4 members (excludes halogenated alkanes) is 6. The number of hydrogen-bond donors (Lipinski definition) is 5. The molecule has 0 radical (unpaired) electrons. The molecular formula is C24H42N4O6. The van der Waals surface area contributed by atoms with Gasteiger partial charge in [-0.3, -0.25) is 24.0 Å². The van der Waals surface area contributed by atoms with E-state index in [0.29, 0.717) is 6.42 Å². The molecule has 0 saturated carbocycles. The zero-order valence-electron chi connectivity index (χ0n) is 20.8. The number of carboxylic acid groups (broad SMARTS) is 1. The summed E-state index contributed by atoms with van der Waals surface area (Å²) in [5.74, 6) is -3.35. The maximum absolute atomic E-state index is 13.0. The van der Waals surface area contributed by atoms with Gasteiger partial charge in [0, 0.05) is 18.9 Å². The second-order valence-electron chi connectivity index (χ2n) is 9.38. The molecule has 1 fully saturated rings. The van der Waals surface area contributed by atoms with Crippen molar-refractivity contribution in [3.63, 3.8) is 0 Å². The highest BCUT2D eigenvalue weighted by molar-refractivity contribution is 5.94. The molecule has 1 heterocycles. The molecule has 5 N–H and O–H groups in total. The molecule has 4 amide bonds. The van der Waals surface area contributed by atoms with Crippen molar-refractivity contribution < 1.29 is 29.1 Å². The molecule has 0 aromatic rings. The molecule has 1 saturated heterocycles. The second-order valence-corrected chi connectivity index (χ2v) is 9.38. The lowest BCUT2D eigenvalue weighted by Crippen LogP contribution is -2.56. The molecule has 3 atom stereocenters. The van der Waals surface area contributed by atoms with E-state index in [4.69, 9.17) is 5.11 Å². The van der Waals surface area contributed by atoms with E-state index in [0.717, 1.165) is 19.3 Å². The van der Waals surface area contributed by atoms with E-state index in [1.807, 2.05) is 0 Å². The normalized spacial score (nSPS) is 22.5. The maximum atomic E-state index is 13.0. The fourth-order valence-corrected chi connectivity index (χ4v) is 3.91. The van der Waals surface area contributed by atoms with E-state index in [1.54, 1.807) is 13.8 Å². The Kier molecular flexibility index (Phi) is 13.9. The van der Waals surface area contributed by atoms with Crippen LogP contribution in [0.2, 0.25) is 0 Å². The van der Waals surface area contributed by atoms with Crippen LogP contribution in [0.15, 0.2) is 0 Å². The number of carbonyl (C=O) groups is 5. The van der Waals surface area contributed by atoms with Crippen LogP contribution in [0.5, 0.6) is 0 Å². The van der Waals surface area contributed by atoms with E-state index in [1.165, 1.54) is 25.7 Å². The van der Waals surface area contributed by atoms with Crippen LogP contribution in [-0.2, 0) is 24.0 Å². The molecular weight excluding hydrogens is 440 g/mol. The quantitative estimate of drug-likeness (QED) is 0.266. The first-order chi connectivity index (χ1) is 16.1. The molecule has 194 valence electrons. The molecule has 10 heteroatoms. The van der Waals surface area contributed by atoms with Crippen molar-refractivity contribution in [1.82, 2.24) is 21.3 Å². The summed E-state index contributed by atoms with van der Waals surface area (Å²) < 4.78 is 0. The lowest BCUT2D eigenvalue weighted by atomic mass is 9.99. The summed E-state index contributed by atoms with van der Waals surface area (Å²) in [6, 6.07) is -2.41. The van der Waals surface area contributed by atoms with Gasteiger partial charge in [-0.05, 0) is 18.8 Å². The third-order valence-corrected chi connectivity index (χ3v) is 5.93. The average molecular weight is 483 g/mol. The van der Waals surface area contributed by atoms with Gasteiger partial charge in [0.1, 0.15) is 12.1 Å². The number of amides is 4. The Morgan fingerprint density at radius 2 is 1.53 bits per heavy atom. The van der Waals surface area contributed by atoms with Gasteiger partial charge in [-0.2, -0.15) is 0 Å². The number of rotatable bonds is 12. The van der Waals surface area contributed by atoms with Gasteiger partial charge in [-0.25, -0.2) is 0 Å². The van der Waals surface area contributed by atoms with Gasteiger partial charge in [0.15, 0.2) is 0 Å². The molecule has 34 heavy (non-hydrogen) atoms. The first kappa shape index (κ1) is 29.4. The minimum Gasteiger partial charge on any atom is -0.481 e. The number of aliphatic carboxylic acids is 1. The molecule has 0 spiro atoms. The van der Waals surface area contributed by atoms with Crippen LogP contribution in [0, 0.1) is 5.92 Å². The number of hydrogen-bond acceptors (Lipinski definition) is 5. The fraction of sp³-hybridized carbons (Fsp3) is 0.792. The minimum atomic E-state index is -1.13. The van der Waals surface area contributed by atoms with Crippen molar-refractivity contribution in [2.45, 2.75) is 110 Å². The summed E-state index contributed by atoms with van der Waals surface area (Å²) in [6.07, 6.45) is 7.98. The van der Waals surface area contributed by atoms with Crippen molar-refractivity contribution in [2.75, 3.05) is 6.54 Å². The van der Waals surface area contributed by atoms with E-state index in [2.05, 4.69) is 28.2 Å². The van der Waals surface area contributed by atoms with E-state index in [9.17, 15) is 24.0 Å². The smallest absolute Gasteiger partial charge is 0.303 e. The summed E-state index contributed by atoms with van der Waals surface area (Å²) in [5.41, 5.74) is 0. The Bertz CT molecular complexity index is 697.